The van der Waals surface area contributed by atoms with E-state index in [0.717, 1.165) is 0 Å². The quantitative estimate of drug-likeness (QED) is 0.547. The van der Waals surface area contributed by atoms with E-state index in [0.29, 0.717) is 12.2 Å². The fourth-order valence-electron chi connectivity index (χ4n) is 1.76. The highest BCUT2D eigenvalue weighted by Gasteiger charge is 2.23. The van der Waals surface area contributed by atoms with Crippen molar-refractivity contribution in [2.45, 2.75) is 26.3 Å². The molecule has 0 fully saturated rings. The number of non-ortho nitro benzene ring substituents is 1. The average molecular weight is 309 g/mol. The summed E-state index contributed by atoms with van der Waals surface area (Å²) in [6, 6.07) is 4.59. The maximum Gasteiger partial charge on any atom is 0.269 e. The molecule has 1 aromatic rings. The van der Waals surface area contributed by atoms with E-state index >= 15 is 0 Å². The fraction of sp³-hybridized carbons (Fsp3) is 0.429. The second-order valence-electron chi connectivity index (χ2n) is 4.87. The molecule has 0 aliphatic heterocycles. The minimum atomic E-state index is -0.752. The number of nitrogens with two attached hydrogens (primary N) is 1. The number of carbonyl (C=O) groups is 2. The Morgan fingerprint density at radius 2 is 1.95 bits per heavy atom. The van der Waals surface area contributed by atoms with Crippen molar-refractivity contribution < 1.29 is 19.2 Å². The molecule has 3 N–H and O–H groups in total. The van der Waals surface area contributed by atoms with Crippen LogP contribution >= 0.6 is 0 Å². The van der Waals surface area contributed by atoms with Gasteiger partial charge < -0.3 is 15.8 Å². The minimum absolute atomic E-state index is 0.0673. The Morgan fingerprint density at radius 1 is 1.36 bits per heavy atom. The lowest BCUT2D eigenvalue weighted by atomic mass is 9.99. The van der Waals surface area contributed by atoms with Gasteiger partial charge in [0.15, 0.2) is 6.61 Å². The summed E-state index contributed by atoms with van der Waals surface area (Å²) in [5.74, 6) is -0.846. The molecule has 22 heavy (non-hydrogen) atoms. The van der Waals surface area contributed by atoms with Gasteiger partial charge in [0, 0.05) is 12.1 Å². The molecule has 0 aliphatic carbocycles. The van der Waals surface area contributed by atoms with Crippen molar-refractivity contribution in [2.75, 3.05) is 6.61 Å². The highest BCUT2D eigenvalue weighted by molar-refractivity contribution is 5.87. The lowest BCUT2D eigenvalue weighted by molar-refractivity contribution is -0.384. The Kier molecular flexibility index (Phi) is 6.30. The van der Waals surface area contributed by atoms with E-state index < -0.39 is 22.8 Å². The third kappa shape index (κ3) is 5.04. The van der Waals surface area contributed by atoms with Gasteiger partial charge in [0.2, 0.25) is 5.91 Å². The van der Waals surface area contributed by atoms with E-state index in [1.54, 1.807) is 0 Å². The highest BCUT2D eigenvalue weighted by Crippen LogP contribution is 2.17. The van der Waals surface area contributed by atoms with Crippen molar-refractivity contribution in [1.29, 1.82) is 0 Å². The Morgan fingerprint density at radius 3 is 2.41 bits per heavy atom. The van der Waals surface area contributed by atoms with Gasteiger partial charge in [0.1, 0.15) is 11.8 Å². The van der Waals surface area contributed by atoms with Crippen LogP contribution in [-0.2, 0) is 9.59 Å². The van der Waals surface area contributed by atoms with Crippen LogP contribution in [0.2, 0.25) is 0 Å². The molecule has 0 radical (unpaired) electrons. The second kappa shape index (κ2) is 7.96. The number of carbonyl (C=O) groups excluding carboxylic acids is 2. The standard InChI is InChI=1S/C14H19N3O5/c1-3-9(2)13(14(15)19)16-12(18)8-22-11-6-4-10(5-7-11)17(20)21/h4-7,9,13H,3,8H2,1-2H3,(H2,15,19)(H,16,18). The van der Waals surface area contributed by atoms with Crippen molar-refractivity contribution in [3.63, 3.8) is 0 Å². The van der Waals surface area contributed by atoms with Crippen LogP contribution in [0.5, 0.6) is 5.75 Å². The first kappa shape index (κ1) is 17.4. The van der Waals surface area contributed by atoms with Crippen LogP contribution in [0, 0.1) is 16.0 Å². The molecular weight excluding hydrogens is 290 g/mol. The molecule has 1 aromatic carbocycles. The molecule has 8 nitrogen and oxygen atoms in total. The number of benzene rings is 1. The topological polar surface area (TPSA) is 125 Å². The van der Waals surface area contributed by atoms with Crippen molar-refractivity contribution in [1.82, 2.24) is 5.32 Å². The molecule has 2 amide bonds. The molecule has 0 bridgehead atoms. The van der Waals surface area contributed by atoms with Crippen LogP contribution in [0.1, 0.15) is 20.3 Å². The van der Waals surface area contributed by atoms with Crippen LogP contribution in [0.3, 0.4) is 0 Å². The van der Waals surface area contributed by atoms with Gasteiger partial charge in [-0.05, 0) is 18.1 Å². The molecule has 0 spiro atoms. The third-order valence-corrected chi connectivity index (χ3v) is 3.25. The van der Waals surface area contributed by atoms with Gasteiger partial charge in [-0.15, -0.1) is 0 Å². The van der Waals surface area contributed by atoms with E-state index in [1.807, 2.05) is 13.8 Å². The molecule has 0 saturated heterocycles. The van der Waals surface area contributed by atoms with Gasteiger partial charge in [-0.1, -0.05) is 20.3 Å². The summed E-state index contributed by atoms with van der Waals surface area (Å²) in [5, 5.41) is 13.0. The lowest BCUT2D eigenvalue weighted by Gasteiger charge is -2.21. The van der Waals surface area contributed by atoms with Gasteiger partial charge in [0.05, 0.1) is 4.92 Å². The average Bonchev–Trinajstić information content (AvgIpc) is 2.49. The van der Waals surface area contributed by atoms with Crippen molar-refractivity contribution >= 4 is 17.5 Å². The van der Waals surface area contributed by atoms with Crippen LogP contribution in [0.4, 0.5) is 5.69 Å². The van der Waals surface area contributed by atoms with E-state index in [1.165, 1.54) is 24.3 Å². The molecule has 8 heteroatoms. The molecule has 1 rings (SSSR count). The maximum atomic E-state index is 11.8. The summed E-state index contributed by atoms with van der Waals surface area (Å²) in [4.78, 5) is 33.1. The molecular formula is C14H19N3O5. The van der Waals surface area contributed by atoms with E-state index in [4.69, 9.17) is 10.5 Å². The molecule has 120 valence electrons. The zero-order valence-electron chi connectivity index (χ0n) is 12.4. The highest BCUT2D eigenvalue weighted by atomic mass is 16.6. The summed E-state index contributed by atoms with van der Waals surface area (Å²) >= 11 is 0. The summed E-state index contributed by atoms with van der Waals surface area (Å²) in [5.41, 5.74) is 5.19. The number of hydrogen-bond acceptors (Lipinski definition) is 5. The van der Waals surface area contributed by atoms with Gasteiger partial charge in [-0.2, -0.15) is 0 Å². The largest absolute Gasteiger partial charge is 0.484 e. The normalized spacial score (nSPS) is 13.0. The minimum Gasteiger partial charge on any atom is -0.484 e. The number of nitrogens with zero attached hydrogens (tertiary/aromatic N) is 1. The number of primary amides is 1. The predicted molar refractivity (Wildman–Crippen MR) is 79.2 cm³/mol. The summed E-state index contributed by atoms with van der Waals surface area (Å²) in [6.45, 7) is 3.39. The van der Waals surface area contributed by atoms with E-state index in [9.17, 15) is 19.7 Å². The summed E-state index contributed by atoms with van der Waals surface area (Å²) in [6.07, 6.45) is 0.692. The Labute approximate surface area is 127 Å². The number of ether oxygens (including phenoxy) is 1. The number of amides is 2. The SMILES string of the molecule is CCC(C)C(NC(=O)COc1ccc([N+](=O)[O-])cc1)C(N)=O. The number of nitro groups is 1. The first-order valence-corrected chi connectivity index (χ1v) is 6.81. The lowest BCUT2D eigenvalue weighted by Crippen LogP contribution is -2.49. The Bertz CT molecular complexity index is 544. The van der Waals surface area contributed by atoms with Gasteiger partial charge in [0.25, 0.3) is 11.6 Å². The van der Waals surface area contributed by atoms with Crippen LogP contribution < -0.4 is 15.8 Å². The third-order valence-electron chi connectivity index (χ3n) is 3.25. The summed E-state index contributed by atoms with van der Waals surface area (Å²) < 4.78 is 5.21. The van der Waals surface area contributed by atoms with Crippen LogP contribution in [-0.4, -0.2) is 29.4 Å². The fourth-order valence-corrected chi connectivity index (χ4v) is 1.76. The summed E-state index contributed by atoms with van der Waals surface area (Å²) in [7, 11) is 0. The first-order chi connectivity index (χ1) is 10.3. The van der Waals surface area contributed by atoms with Crippen molar-refractivity contribution in [3.8, 4) is 5.75 Å². The number of rotatable bonds is 8. The number of hydrogen-bond donors (Lipinski definition) is 2. The first-order valence-electron chi connectivity index (χ1n) is 6.81. The number of nitrogens with one attached hydrogen (secondary N) is 1. The van der Waals surface area contributed by atoms with Gasteiger partial charge in [-0.3, -0.25) is 19.7 Å². The van der Waals surface area contributed by atoms with Crippen LogP contribution in [0.25, 0.3) is 0 Å². The zero-order valence-corrected chi connectivity index (χ0v) is 12.4. The van der Waals surface area contributed by atoms with Gasteiger partial charge in [-0.25, -0.2) is 0 Å². The van der Waals surface area contributed by atoms with E-state index in [-0.39, 0.29) is 18.2 Å². The zero-order chi connectivity index (χ0) is 16.7. The Balaban J connectivity index is 2.54. The Hall–Kier alpha value is -2.64. The molecule has 2 atom stereocenters. The van der Waals surface area contributed by atoms with Gasteiger partial charge >= 0.3 is 0 Å². The van der Waals surface area contributed by atoms with Crippen molar-refractivity contribution in [3.05, 3.63) is 34.4 Å². The molecule has 0 aromatic heterocycles. The molecule has 0 aliphatic rings. The van der Waals surface area contributed by atoms with Crippen LogP contribution in [0.15, 0.2) is 24.3 Å². The molecule has 0 saturated carbocycles. The number of nitro benzene ring substituents is 1. The molecule has 2 unspecified atom stereocenters. The predicted octanol–water partition coefficient (Wildman–Crippen LogP) is 0.990. The maximum absolute atomic E-state index is 11.8. The molecule has 0 heterocycles. The van der Waals surface area contributed by atoms with Crippen molar-refractivity contribution in [2.24, 2.45) is 11.7 Å². The second-order valence-corrected chi connectivity index (χ2v) is 4.87. The van der Waals surface area contributed by atoms with E-state index in [2.05, 4.69) is 5.32 Å². The smallest absolute Gasteiger partial charge is 0.269 e. The monoisotopic (exact) mass is 309 g/mol.